The number of rotatable bonds is 5. The first kappa shape index (κ1) is 14.8. The molecule has 22 heavy (non-hydrogen) atoms. The Kier molecular flexibility index (Phi) is 4.53. The Morgan fingerprint density at radius 2 is 2.23 bits per heavy atom. The standard InChI is InChI=1S/C17H21N3O2/c1-13-18-8-9-20(13)12-14-4-6-15(7-5-14)17(21)19-11-16-3-2-10-22-16/h4-9,16H,2-3,10-12H2,1H3,(H,19,21)/t16-/m0/s1. The Balaban J connectivity index is 1.56. The number of aryl methyl sites for hydroxylation is 1. The van der Waals surface area contributed by atoms with Gasteiger partial charge in [-0.25, -0.2) is 4.98 Å². The normalized spacial score (nSPS) is 17.6. The summed E-state index contributed by atoms with van der Waals surface area (Å²) >= 11 is 0. The maximum Gasteiger partial charge on any atom is 0.251 e. The lowest BCUT2D eigenvalue weighted by atomic mass is 10.1. The van der Waals surface area contributed by atoms with Crippen LogP contribution in [0.3, 0.4) is 0 Å². The molecule has 5 heteroatoms. The third-order valence-electron chi connectivity index (χ3n) is 4.01. The average Bonchev–Trinajstić information content (AvgIpc) is 3.18. The fraction of sp³-hybridized carbons (Fsp3) is 0.412. The number of ether oxygens (including phenoxy) is 1. The first-order valence-electron chi connectivity index (χ1n) is 7.69. The lowest BCUT2D eigenvalue weighted by molar-refractivity contribution is 0.0858. The zero-order valence-electron chi connectivity index (χ0n) is 12.8. The van der Waals surface area contributed by atoms with Crippen LogP contribution in [0.15, 0.2) is 36.7 Å². The molecule has 1 atom stereocenters. The van der Waals surface area contributed by atoms with Crippen LogP contribution >= 0.6 is 0 Å². The third kappa shape index (κ3) is 3.54. The third-order valence-corrected chi connectivity index (χ3v) is 4.01. The minimum absolute atomic E-state index is 0.0409. The summed E-state index contributed by atoms with van der Waals surface area (Å²) < 4.78 is 7.58. The van der Waals surface area contributed by atoms with Crippen LogP contribution in [0, 0.1) is 6.92 Å². The van der Waals surface area contributed by atoms with Crippen LogP contribution in [0.5, 0.6) is 0 Å². The van der Waals surface area contributed by atoms with Crippen LogP contribution in [0.1, 0.15) is 34.6 Å². The van der Waals surface area contributed by atoms with Gasteiger partial charge in [-0.1, -0.05) is 12.1 Å². The molecule has 1 saturated heterocycles. The van der Waals surface area contributed by atoms with Gasteiger partial charge in [0.05, 0.1) is 6.10 Å². The lowest BCUT2D eigenvalue weighted by Crippen LogP contribution is -2.31. The predicted octanol–water partition coefficient (Wildman–Crippen LogP) is 2.15. The Bertz CT molecular complexity index is 628. The SMILES string of the molecule is Cc1nccn1Cc1ccc(C(=O)NC[C@@H]2CCCO2)cc1. The van der Waals surface area contributed by atoms with Crippen LogP contribution in [-0.2, 0) is 11.3 Å². The number of carbonyl (C=O) groups is 1. The van der Waals surface area contributed by atoms with E-state index >= 15 is 0 Å². The second-order valence-electron chi connectivity index (χ2n) is 5.64. The van der Waals surface area contributed by atoms with Gasteiger partial charge in [-0.3, -0.25) is 4.79 Å². The van der Waals surface area contributed by atoms with E-state index in [-0.39, 0.29) is 12.0 Å². The van der Waals surface area contributed by atoms with Gasteiger partial charge in [0.15, 0.2) is 0 Å². The van der Waals surface area contributed by atoms with Gasteiger partial charge in [-0.15, -0.1) is 0 Å². The molecule has 0 bridgehead atoms. The van der Waals surface area contributed by atoms with E-state index < -0.39 is 0 Å². The minimum atomic E-state index is -0.0409. The maximum absolute atomic E-state index is 12.1. The van der Waals surface area contributed by atoms with E-state index in [1.54, 1.807) is 6.20 Å². The molecule has 1 aliphatic rings. The molecule has 2 heterocycles. The first-order valence-corrected chi connectivity index (χ1v) is 7.69. The molecule has 116 valence electrons. The highest BCUT2D eigenvalue weighted by atomic mass is 16.5. The summed E-state index contributed by atoms with van der Waals surface area (Å²) in [6, 6.07) is 7.71. The zero-order chi connectivity index (χ0) is 15.4. The first-order chi connectivity index (χ1) is 10.7. The van der Waals surface area contributed by atoms with Gasteiger partial charge in [0.1, 0.15) is 5.82 Å². The highest BCUT2D eigenvalue weighted by molar-refractivity contribution is 5.94. The highest BCUT2D eigenvalue weighted by Gasteiger charge is 2.16. The molecule has 0 spiro atoms. The average molecular weight is 299 g/mol. The van der Waals surface area contributed by atoms with Crippen molar-refractivity contribution in [2.75, 3.05) is 13.2 Å². The molecule has 1 amide bonds. The number of carbonyl (C=O) groups excluding carboxylic acids is 1. The van der Waals surface area contributed by atoms with Crippen molar-refractivity contribution in [2.24, 2.45) is 0 Å². The highest BCUT2D eigenvalue weighted by Crippen LogP contribution is 2.11. The summed E-state index contributed by atoms with van der Waals surface area (Å²) in [6.45, 7) is 4.15. The number of nitrogens with one attached hydrogen (secondary N) is 1. The molecule has 5 nitrogen and oxygen atoms in total. The summed E-state index contributed by atoms with van der Waals surface area (Å²) in [5, 5.41) is 2.94. The van der Waals surface area contributed by atoms with Gasteiger partial charge < -0.3 is 14.6 Å². The molecule has 1 fully saturated rings. The number of amides is 1. The lowest BCUT2D eigenvalue weighted by Gasteiger charge is -2.11. The quantitative estimate of drug-likeness (QED) is 0.920. The number of benzene rings is 1. The Labute approximate surface area is 130 Å². The monoisotopic (exact) mass is 299 g/mol. The maximum atomic E-state index is 12.1. The second-order valence-corrected chi connectivity index (χ2v) is 5.64. The zero-order valence-corrected chi connectivity index (χ0v) is 12.8. The molecule has 1 aromatic carbocycles. The molecule has 0 saturated carbocycles. The van der Waals surface area contributed by atoms with Crippen LogP contribution in [0.4, 0.5) is 0 Å². The molecule has 1 aliphatic heterocycles. The van der Waals surface area contributed by atoms with Crippen molar-refractivity contribution in [3.05, 3.63) is 53.6 Å². The van der Waals surface area contributed by atoms with Gasteiger partial charge in [0.25, 0.3) is 5.91 Å². The van der Waals surface area contributed by atoms with E-state index in [9.17, 15) is 4.79 Å². The molecule has 0 radical (unpaired) electrons. The van der Waals surface area contributed by atoms with Crippen molar-refractivity contribution in [1.29, 1.82) is 0 Å². The van der Waals surface area contributed by atoms with Crippen molar-refractivity contribution in [1.82, 2.24) is 14.9 Å². The van der Waals surface area contributed by atoms with E-state index in [1.165, 1.54) is 0 Å². The summed E-state index contributed by atoms with van der Waals surface area (Å²) in [7, 11) is 0. The van der Waals surface area contributed by atoms with Gasteiger partial charge >= 0.3 is 0 Å². The Morgan fingerprint density at radius 3 is 2.86 bits per heavy atom. The molecular formula is C17H21N3O2. The van der Waals surface area contributed by atoms with E-state index in [0.29, 0.717) is 12.1 Å². The van der Waals surface area contributed by atoms with Crippen LogP contribution in [0.2, 0.25) is 0 Å². The van der Waals surface area contributed by atoms with Crippen molar-refractivity contribution < 1.29 is 9.53 Å². The second kappa shape index (κ2) is 6.75. The van der Waals surface area contributed by atoms with E-state index in [4.69, 9.17) is 4.74 Å². The molecule has 2 aromatic rings. The van der Waals surface area contributed by atoms with Crippen molar-refractivity contribution in [2.45, 2.75) is 32.4 Å². The van der Waals surface area contributed by atoms with Crippen molar-refractivity contribution >= 4 is 5.91 Å². The largest absolute Gasteiger partial charge is 0.376 e. The van der Waals surface area contributed by atoms with Gasteiger partial charge in [-0.2, -0.15) is 0 Å². The number of imidazole rings is 1. The molecule has 1 aromatic heterocycles. The topological polar surface area (TPSA) is 56.2 Å². The van der Waals surface area contributed by atoms with E-state index in [1.807, 2.05) is 37.4 Å². The summed E-state index contributed by atoms with van der Waals surface area (Å²) in [6.07, 6.45) is 6.04. The number of hydrogen-bond donors (Lipinski definition) is 1. The van der Waals surface area contributed by atoms with Crippen LogP contribution < -0.4 is 5.32 Å². The molecule has 1 N–H and O–H groups in total. The van der Waals surface area contributed by atoms with E-state index in [0.717, 1.165) is 37.4 Å². The fourth-order valence-corrected chi connectivity index (χ4v) is 2.64. The van der Waals surface area contributed by atoms with E-state index in [2.05, 4.69) is 14.9 Å². The van der Waals surface area contributed by atoms with Crippen LogP contribution in [-0.4, -0.2) is 34.7 Å². The number of aromatic nitrogens is 2. The van der Waals surface area contributed by atoms with Gasteiger partial charge in [0.2, 0.25) is 0 Å². The molecule has 0 unspecified atom stereocenters. The smallest absolute Gasteiger partial charge is 0.251 e. The van der Waals surface area contributed by atoms with Gasteiger partial charge in [-0.05, 0) is 37.5 Å². The molecular weight excluding hydrogens is 278 g/mol. The van der Waals surface area contributed by atoms with Crippen LogP contribution in [0.25, 0.3) is 0 Å². The Morgan fingerprint density at radius 1 is 1.41 bits per heavy atom. The minimum Gasteiger partial charge on any atom is -0.376 e. The fourth-order valence-electron chi connectivity index (χ4n) is 2.64. The van der Waals surface area contributed by atoms with Gasteiger partial charge in [0, 0.05) is 37.7 Å². The number of nitrogens with zero attached hydrogens (tertiary/aromatic N) is 2. The molecule has 0 aliphatic carbocycles. The van der Waals surface area contributed by atoms with Crippen molar-refractivity contribution in [3.8, 4) is 0 Å². The number of hydrogen-bond acceptors (Lipinski definition) is 3. The summed E-state index contributed by atoms with van der Waals surface area (Å²) in [4.78, 5) is 16.3. The summed E-state index contributed by atoms with van der Waals surface area (Å²) in [5.74, 6) is 0.944. The predicted molar refractivity (Wildman–Crippen MR) is 83.8 cm³/mol. The van der Waals surface area contributed by atoms with Crippen molar-refractivity contribution in [3.63, 3.8) is 0 Å². The molecule has 3 rings (SSSR count). The Hall–Kier alpha value is -2.14. The summed E-state index contributed by atoms with van der Waals surface area (Å²) in [5.41, 5.74) is 1.83.